The average Bonchev–Trinajstić information content (AvgIpc) is 2.46. The second-order valence-corrected chi connectivity index (χ2v) is 5.50. The van der Waals surface area contributed by atoms with Gasteiger partial charge in [-0.15, -0.1) is 0 Å². The van der Waals surface area contributed by atoms with E-state index in [1.165, 1.54) is 6.07 Å². The molecule has 0 spiro atoms. The number of nitro groups is 1. The van der Waals surface area contributed by atoms with Crippen LogP contribution in [0, 0.1) is 23.0 Å². The molecule has 1 amide bonds. The van der Waals surface area contributed by atoms with Crippen LogP contribution in [0.5, 0.6) is 0 Å². The smallest absolute Gasteiger partial charge is 0.292 e. The van der Waals surface area contributed by atoms with E-state index in [-0.39, 0.29) is 23.6 Å². The predicted molar refractivity (Wildman–Crippen MR) is 86.8 cm³/mol. The molecule has 4 N–H and O–H groups in total. The summed E-state index contributed by atoms with van der Waals surface area (Å²) in [6, 6.07) is 4.87. The second kappa shape index (κ2) is 8.33. The van der Waals surface area contributed by atoms with Crippen molar-refractivity contribution in [1.82, 2.24) is 5.32 Å². The Balaban J connectivity index is 2.40. The normalized spacial score (nSPS) is 13.3. The summed E-state index contributed by atoms with van der Waals surface area (Å²) in [7, 11) is 0. The van der Waals surface area contributed by atoms with Crippen LogP contribution in [0.1, 0.15) is 25.8 Å². The van der Waals surface area contributed by atoms with E-state index < -0.39 is 4.92 Å². The maximum Gasteiger partial charge on any atom is 0.292 e. The van der Waals surface area contributed by atoms with Crippen LogP contribution in [0.4, 0.5) is 11.4 Å². The molecular formula is C15H24N4O3. The zero-order chi connectivity index (χ0) is 16.7. The van der Waals surface area contributed by atoms with Gasteiger partial charge in [0.05, 0.1) is 4.92 Å². The van der Waals surface area contributed by atoms with E-state index in [9.17, 15) is 14.9 Å². The molecule has 1 aromatic rings. The third-order valence-electron chi connectivity index (χ3n) is 3.52. The monoisotopic (exact) mass is 308 g/mol. The molecule has 0 saturated carbocycles. The zero-order valence-electron chi connectivity index (χ0n) is 13.3. The van der Waals surface area contributed by atoms with Crippen LogP contribution in [-0.2, 0) is 4.79 Å². The number of hydrogen-bond donors (Lipinski definition) is 3. The van der Waals surface area contributed by atoms with Gasteiger partial charge in [0.2, 0.25) is 5.91 Å². The number of rotatable bonds is 8. The Bertz CT molecular complexity index is 532. The number of nitrogens with zero attached hydrogens (tertiary/aromatic N) is 1. The van der Waals surface area contributed by atoms with Gasteiger partial charge in [-0.05, 0) is 31.9 Å². The summed E-state index contributed by atoms with van der Waals surface area (Å²) >= 11 is 0. The summed E-state index contributed by atoms with van der Waals surface area (Å²) in [6.45, 7) is 6.43. The number of nitro benzene ring substituents is 1. The van der Waals surface area contributed by atoms with Crippen LogP contribution < -0.4 is 16.4 Å². The molecule has 1 rings (SSSR count). The maximum absolute atomic E-state index is 11.7. The molecule has 1 aromatic carbocycles. The van der Waals surface area contributed by atoms with Crippen molar-refractivity contribution in [2.45, 2.75) is 33.2 Å². The van der Waals surface area contributed by atoms with Crippen molar-refractivity contribution in [2.24, 2.45) is 11.7 Å². The Labute approximate surface area is 130 Å². The molecule has 0 fully saturated rings. The number of benzene rings is 1. The van der Waals surface area contributed by atoms with Gasteiger partial charge in [-0.3, -0.25) is 14.9 Å². The Morgan fingerprint density at radius 2 is 2.05 bits per heavy atom. The van der Waals surface area contributed by atoms with E-state index >= 15 is 0 Å². The van der Waals surface area contributed by atoms with E-state index in [4.69, 9.17) is 5.73 Å². The summed E-state index contributed by atoms with van der Waals surface area (Å²) in [5, 5.41) is 16.8. The van der Waals surface area contributed by atoms with Crippen LogP contribution in [0.3, 0.4) is 0 Å². The van der Waals surface area contributed by atoms with Crippen molar-refractivity contribution in [3.63, 3.8) is 0 Å². The van der Waals surface area contributed by atoms with Crippen LogP contribution in [0.15, 0.2) is 18.2 Å². The summed E-state index contributed by atoms with van der Waals surface area (Å²) in [6.07, 6.45) is 0.669. The van der Waals surface area contributed by atoms with Crippen molar-refractivity contribution in [3.8, 4) is 0 Å². The van der Waals surface area contributed by atoms with Gasteiger partial charge >= 0.3 is 0 Å². The lowest BCUT2D eigenvalue weighted by molar-refractivity contribution is -0.384. The summed E-state index contributed by atoms with van der Waals surface area (Å²) in [4.78, 5) is 22.3. The fourth-order valence-corrected chi connectivity index (χ4v) is 1.87. The molecule has 0 aliphatic heterocycles. The van der Waals surface area contributed by atoms with Gasteiger partial charge in [-0.25, -0.2) is 0 Å². The molecule has 7 heteroatoms. The first-order chi connectivity index (χ1) is 10.3. The first kappa shape index (κ1) is 17.9. The predicted octanol–water partition coefficient (Wildman–Crippen LogP) is 1.80. The fraction of sp³-hybridized carbons (Fsp3) is 0.533. The van der Waals surface area contributed by atoms with Gasteiger partial charge in [-0.2, -0.15) is 0 Å². The number of aryl methyl sites for hydroxylation is 1. The van der Waals surface area contributed by atoms with Gasteiger partial charge in [0.1, 0.15) is 5.69 Å². The van der Waals surface area contributed by atoms with Crippen molar-refractivity contribution in [1.29, 1.82) is 0 Å². The van der Waals surface area contributed by atoms with E-state index in [2.05, 4.69) is 10.6 Å². The third-order valence-corrected chi connectivity index (χ3v) is 3.52. The van der Waals surface area contributed by atoms with Crippen LogP contribution in [0.2, 0.25) is 0 Å². The standard InChI is InChI=1S/C15H24N4O3/c1-10-5-6-13(14(9-10)19(21)22)17-7-4-8-18-15(20)11(2)12(3)16/h5-6,9,11-12,17H,4,7-8,16H2,1-3H3,(H,18,20). The molecule has 0 heterocycles. The minimum atomic E-state index is -0.401. The van der Waals surface area contributed by atoms with E-state index in [1.807, 2.05) is 13.0 Å². The minimum Gasteiger partial charge on any atom is -0.379 e. The molecule has 0 saturated heterocycles. The Hall–Kier alpha value is -2.15. The number of anilines is 1. The molecule has 0 radical (unpaired) electrons. The molecule has 7 nitrogen and oxygen atoms in total. The van der Waals surface area contributed by atoms with Gasteiger partial charge in [0, 0.05) is 31.1 Å². The number of carbonyl (C=O) groups is 1. The molecule has 2 unspecified atom stereocenters. The van der Waals surface area contributed by atoms with Crippen molar-refractivity contribution < 1.29 is 9.72 Å². The van der Waals surface area contributed by atoms with E-state index in [1.54, 1.807) is 19.9 Å². The largest absolute Gasteiger partial charge is 0.379 e. The highest BCUT2D eigenvalue weighted by molar-refractivity contribution is 5.78. The van der Waals surface area contributed by atoms with Crippen molar-refractivity contribution in [3.05, 3.63) is 33.9 Å². The molecule has 0 aliphatic rings. The van der Waals surface area contributed by atoms with Crippen LogP contribution >= 0.6 is 0 Å². The first-order valence-corrected chi connectivity index (χ1v) is 7.35. The number of nitrogens with one attached hydrogen (secondary N) is 2. The quantitative estimate of drug-likeness (QED) is 0.385. The lowest BCUT2D eigenvalue weighted by Gasteiger charge is -2.15. The van der Waals surface area contributed by atoms with Crippen LogP contribution in [-0.4, -0.2) is 30.0 Å². The Morgan fingerprint density at radius 3 is 2.64 bits per heavy atom. The number of carbonyl (C=O) groups excluding carboxylic acids is 1. The molecule has 0 bridgehead atoms. The summed E-state index contributed by atoms with van der Waals surface area (Å²) < 4.78 is 0. The number of amides is 1. The molecule has 0 aliphatic carbocycles. The van der Waals surface area contributed by atoms with Gasteiger partial charge in [0.15, 0.2) is 0 Å². The van der Waals surface area contributed by atoms with Gasteiger partial charge < -0.3 is 16.4 Å². The highest BCUT2D eigenvalue weighted by Gasteiger charge is 2.16. The molecule has 2 atom stereocenters. The molecule has 0 aromatic heterocycles. The molecular weight excluding hydrogens is 284 g/mol. The summed E-state index contributed by atoms with van der Waals surface area (Å²) in [5.74, 6) is -0.303. The summed E-state index contributed by atoms with van der Waals surface area (Å²) in [5.41, 5.74) is 7.06. The fourth-order valence-electron chi connectivity index (χ4n) is 1.87. The lowest BCUT2D eigenvalue weighted by Crippen LogP contribution is -2.39. The first-order valence-electron chi connectivity index (χ1n) is 7.35. The average molecular weight is 308 g/mol. The Morgan fingerprint density at radius 1 is 1.36 bits per heavy atom. The SMILES string of the molecule is Cc1ccc(NCCCNC(=O)C(C)C(C)N)c([N+](=O)[O-])c1. The van der Waals surface area contributed by atoms with Gasteiger partial charge in [0.25, 0.3) is 5.69 Å². The second-order valence-electron chi connectivity index (χ2n) is 5.50. The number of hydrogen-bond acceptors (Lipinski definition) is 5. The molecule has 22 heavy (non-hydrogen) atoms. The molecule has 122 valence electrons. The highest BCUT2D eigenvalue weighted by Crippen LogP contribution is 2.24. The van der Waals surface area contributed by atoms with Gasteiger partial charge in [-0.1, -0.05) is 13.0 Å². The lowest BCUT2D eigenvalue weighted by atomic mass is 10.0. The van der Waals surface area contributed by atoms with Crippen molar-refractivity contribution >= 4 is 17.3 Å². The van der Waals surface area contributed by atoms with E-state index in [0.29, 0.717) is 25.2 Å². The highest BCUT2D eigenvalue weighted by atomic mass is 16.6. The zero-order valence-corrected chi connectivity index (χ0v) is 13.3. The number of nitrogens with two attached hydrogens (primary N) is 1. The third kappa shape index (κ3) is 5.33. The van der Waals surface area contributed by atoms with E-state index in [0.717, 1.165) is 5.56 Å². The minimum absolute atomic E-state index is 0.0645. The van der Waals surface area contributed by atoms with Crippen LogP contribution in [0.25, 0.3) is 0 Å². The topological polar surface area (TPSA) is 110 Å². The van der Waals surface area contributed by atoms with Crippen molar-refractivity contribution in [2.75, 3.05) is 18.4 Å². The maximum atomic E-state index is 11.7. The Kier molecular flexibility index (Phi) is 6.78.